The fourth-order valence-electron chi connectivity index (χ4n) is 2.40. The lowest BCUT2D eigenvalue weighted by molar-refractivity contribution is -0.0287. The molecule has 1 N–H and O–H groups in total. The van der Waals surface area contributed by atoms with Crippen LogP contribution in [-0.4, -0.2) is 53.6 Å². The van der Waals surface area contributed by atoms with Crippen LogP contribution in [0.4, 0.5) is 0 Å². The lowest BCUT2D eigenvalue weighted by Crippen LogP contribution is -2.42. The van der Waals surface area contributed by atoms with Crippen molar-refractivity contribution in [1.82, 2.24) is 14.7 Å². The predicted octanol–water partition coefficient (Wildman–Crippen LogP) is 1.21. The Morgan fingerprint density at radius 1 is 1.50 bits per heavy atom. The molecule has 0 amide bonds. The highest BCUT2D eigenvalue weighted by Crippen LogP contribution is 2.36. The summed E-state index contributed by atoms with van der Waals surface area (Å²) in [7, 11) is 3.75. The molecule has 0 spiro atoms. The van der Waals surface area contributed by atoms with Crippen LogP contribution in [0.2, 0.25) is 0 Å². The van der Waals surface area contributed by atoms with Crippen molar-refractivity contribution < 1.29 is 9.84 Å². The van der Waals surface area contributed by atoms with Gasteiger partial charge in [0.2, 0.25) is 0 Å². The van der Waals surface area contributed by atoms with E-state index in [1.54, 1.807) is 13.3 Å². The van der Waals surface area contributed by atoms with E-state index in [9.17, 15) is 5.11 Å². The molecule has 102 valence electrons. The van der Waals surface area contributed by atoms with Gasteiger partial charge in [-0.05, 0) is 35.8 Å². The van der Waals surface area contributed by atoms with Crippen molar-refractivity contribution in [3.05, 3.63) is 16.4 Å². The number of nitrogens with zero attached hydrogens (tertiary/aromatic N) is 3. The van der Waals surface area contributed by atoms with Crippen LogP contribution in [0.15, 0.2) is 10.7 Å². The summed E-state index contributed by atoms with van der Waals surface area (Å²) in [5.74, 6) is 0. The summed E-state index contributed by atoms with van der Waals surface area (Å²) in [5.41, 5.74) is 0.0999. The van der Waals surface area contributed by atoms with Gasteiger partial charge in [0.05, 0.1) is 29.5 Å². The standard InChI is InChI=1S/C12H20BrN3O2/c1-15-5-3-12(17,4-6-15)11-10(13)9-14-16(11)7-8-18-2/h9,17H,3-8H2,1-2H3. The Morgan fingerprint density at radius 3 is 2.78 bits per heavy atom. The Labute approximate surface area is 116 Å². The second-order valence-corrected chi connectivity index (χ2v) is 5.75. The van der Waals surface area contributed by atoms with Crippen molar-refractivity contribution in [2.45, 2.75) is 25.0 Å². The van der Waals surface area contributed by atoms with Crippen LogP contribution in [0.1, 0.15) is 18.5 Å². The first-order valence-electron chi connectivity index (χ1n) is 6.18. The number of piperidine rings is 1. The lowest BCUT2D eigenvalue weighted by Gasteiger charge is -2.37. The number of hydrogen-bond donors (Lipinski definition) is 1. The van der Waals surface area contributed by atoms with Crippen LogP contribution < -0.4 is 0 Å². The number of likely N-dealkylation sites (tertiary alicyclic amines) is 1. The number of rotatable bonds is 4. The lowest BCUT2D eigenvalue weighted by atomic mass is 9.88. The predicted molar refractivity (Wildman–Crippen MR) is 72.4 cm³/mol. The van der Waals surface area contributed by atoms with Crippen molar-refractivity contribution in [2.24, 2.45) is 0 Å². The van der Waals surface area contributed by atoms with Gasteiger partial charge < -0.3 is 14.7 Å². The molecule has 0 radical (unpaired) electrons. The van der Waals surface area contributed by atoms with Gasteiger partial charge in [-0.3, -0.25) is 4.68 Å². The second-order valence-electron chi connectivity index (χ2n) is 4.89. The molecule has 0 bridgehead atoms. The van der Waals surface area contributed by atoms with Gasteiger partial charge in [-0.2, -0.15) is 5.10 Å². The van der Waals surface area contributed by atoms with Crippen LogP contribution in [0.25, 0.3) is 0 Å². The maximum atomic E-state index is 10.9. The first-order chi connectivity index (χ1) is 8.57. The van der Waals surface area contributed by atoms with E-state index >= 15 is 0 Å². The highest BCUT2D eigenvalue weighted by molar-refractivity contribution is 9.10. The average molecular weight is 318 g/mol. The summed E-state index contributed by atoms with van der Waals surface area (Å²) in [5, 5.41) is 15.2. The Bertz CT molecular complexity index is 400. The number of aromatic nitrogens is 2. The molecule has 1 aromatic heterocycles. The van der Waals surface area contributed by atoms with Crippen molar-refractivity contribution in [1.29, 1.82) is 0 Å². The summed E-state index contributed by atoms with van der Waals surface area (Å²) in [6, 6.07) is 0. The molecule has 0 atom stereocenters. The van der Waals surface area contributed by atoms with Crippen LogP contribution in [-0.2, 0) is 16.9 Å². The number of ether oxygens (including phenoxy) is 1. The number of halogens is 1. The van der Waals surface area contributed by atoms with E-state index in [1.807, 2.05) is 4.68 Å². The third-order valence-electron chi connectivity index (χ3n) is 3.56. The molecule has 2 rings (SSSR count). The molecule has 1 aliphatic rings. The van der Waals surface area contributed by atoms with Crippen LogP contribution in [0.5, 0.6) is 0 Å². The maximum absolute atomic E-state index is 10.9. The van der Waals surface area contributed by atoms with E-state index in [2.05, 4.69) is 33.0 Å². The van der Waals surface area contributed by atoms with Crippen molar-refractivity contribution >= 4 is 15.9 Å². The topological polar surface area (TPSA) is 50.5 Å². The Morgan fingerprint density at radius 2 is 2.17 bits per heavy atom. The monoisotopic (exact) mass is 317 g/mol. The number of methoxy groups -OCH3 is 1. The molecule has 1 aromatic rings. The minimum Gasteiger partial charge on any atom is -0.383 e. The van der Waals surface area contributed by atoms with E-state index in [4.69, 9.17) is 4.74 Å². The van der Waals surface area contributed by atoms with Gasteiger partial charge in [-0.1, -0.05) is 0 Å². The smallest absolute Gasteiger partial charge is 0.110 e. The molecule has 0 aliphatic carbocycles. The summed E-state index contributed by atoms with van der Waals surface area (Å²) in [4.78, 5) is 2.23. The van der Waals surface area contributed by atoms with E-state index in [0.717, 1.165) is 36.1 Å². The molecule has 18 heavy (non-hydrogen) atoms. The van der Waals surface area contributed by atoms with Crippen LogP contribution in [0, 0.1) is 0 Å². The second kappa shape index (κ2) is 5.69. The normalized spacial score (nSPS) is 20.2. The van der Waals surface area contributed by atoms with Gasteiger partial charge in [-0.15, -0.1) is 0 Å². The number of aliphatic hydroxyl groups is 1. The average Bonchev–Trinajstić information content (AvgIpc) is 2.73. The van der Waals surface area contributed by atoms with E-state index in [0.29, 0.717) is 13.2 Å². The molecule has 1 aliphatic heterocycles. The fraction of sp³-hybridized carbons (Fsp3) is 0.750. The quantitative estimate of drug-likeness (QED) is 0.906. The van der Waals surface area contributed by atoms with E-state index < -0.39 is 5.60 Å². The van der Waals surface area contributed by atoms with Gasteiger partial charge in [0.1, 0.15) is 5.60 Å². The third-order valence-corrected chi connectivity index (χ3v) is 4.14. The molecule has 2 heterocycles. The van der Waals surface area contributed by atoms with Gasteiger partial charge in [0.25, 0.3) is 0 Å². The van der Waals surface area contributed by atoms with Crippen molar-refractivity contribution in [3.63, 3.8) is 0 Å². The molecule has 6 heteroatoms. The Kier molecular flexibility index (Phi) is 4.42. The molecule has 0 aromatic carbocycles. The largest absolute Gasteiger partial charge is 0.383 e. The fourth-order valence-corrected chi connectivity index (χ4v) is 3.06. The van der Waals surface area contributed by atoms with E-state index in [1.165, 1.54) is 0 Å². The summed E-state index contributed by atoms with van der Waals surface area (Å²) < 4.78 is 7.81. The third kappa shape index (κ3) is 2.77. The minimum absolute atomic E-state index is 0.594. The molecular weight excluding hydrogens is 298 g/mol. The maximum Gasteiger partial charge on any atom is 0.110 e. The molecule has 1 fully saturated rings. The highest BCUT2D eigenvalue weighted by atomic mass is 79.9. The van der Waals surface area contributed by atoms with Crippen molar-refractivity contribution in [2.75, 3.05) is 33.9 Å². The Hall–Kier alpha value is -0.430. The zero-order valence-electron chi connectivity index (χ0n) is 10.9. The SMILES string of the molecule is COCCn1ncc(Br)c1C1(O)CCN(C)CC1. The summed E-state index contributed by atoms with van der Waals surface area (Å²) in [6.45, 7) is 3.06. The van der Waals surface area contributed by atoms with Gasteiger partial charge in [-0.25, -0.2) is 0 Å². The van der Waals surface area contributed by atoms with E-state index in [-0.39, 0.29) is 0 Å². The first-order valence-corrected chi connectivity index (χ1v) is 6.98. The molecule has 0 saturated carbocycles. The van der Waals surface area contributed by atoms with Gasteiger partial charge in [0.15, 0.2) is 0 Å². The van der Waals surface area contributed by atoms with Crippen LogP contribution in [0.3, 0.4) is 0 Å². The van der Waals surface area contributed by atoms with Crippen molar-refractivity contribution in [3.8, 4) is 0 Å². The highest BCUT2D eigenvalue weighted by Gasteiger charge is 2.37. The zero-order chi connectivity index (χ0) is 13.2. The summed E-state index contributed by atoms with van der Waals surface area (Å²) in [6.07, 6.45) is 3.23. The summed E-state index contributed by atoms with van der Waals surface area (Å²) >= 11 is 3.50. The minimum atomic E-state index is -0.782. The molecule has 1 saturated heterocycles. The zero-order valence-corrected chi connectivity index (χ0v) is 12.5. The van der Waals surface area contributed by atoms with Crippen LogP contribution >= 0.6 is 15.9 Å². The number of hydrogen-bond acceptors (Lipinski definition) is 4. The Balaban J connectivity index is 2.23. The molecular formula is C12H20BrN3O2. The van der Waals surface area contributed by atoms with Gasteiger partial charge in [0, 0.05) is 20.2 Å². The first kappa shape index (κ1) is 14.0. The molecule has 5 nitrogen and oxygen atoms in total. The molecule has 0 unspecified atom stereocenters. The van der Waals surface area contributed by atoms with Gasteiger partial charge >= 0.3 is 0 Å².